The second-order valence-corrected chi connectivity index (χ2v) is 13.0. The smallest absolute Gasteiger partial charge is 0.319 e. The Morgan fingerprint density at radius 1 is 1.21 bits per heavy atom. The van der Waals surface area contributed by atoms with Crippen molar-refractivity contribution < 1.29 is 17.9 Å². The topological polar surface area (TPSA) is 103 Å². The van der Waals surface area contributed by atoms with E-state index in [2.05, 4.69) is 15.3 Å². The van der Waals surface area contributed by atoms with Gasteiger partial charge in [0, 0.05) is 42.4 Å². The lowest BCUT2D eigenvalue weighted by Gasteiger charge is -2.31. The number of ether oxygens (including phenoxy) is 1. The van der Waals surface area contributed by atoms with Gasteiger partial charge in [-0.15, -0.1) is 11.3 Å². The lowest BCUT2D eigenvalue weighted by Crippen LogP contribution is -2.43. The highest BCUT2D eigenvalue weighted by molar-refractivity contribution is 7.23. The van der Waals surface area contributed by atoms with Crippen molar-refractivity contribution in [3.05, 3.63) is 40.4 Å². The summed E-state index contributed by atoms with van der Waals surface area (Å²) < 4.78 is 52.3. The van der Waals surface area contributed by atoms with Crippen LogP contribution in [0, 0.1) is 23.0 Å². The molecule has 43 heavy (non-hydrogen) atoms. The number of nitrogen functional groups attached to an aromatic ring is 1. The van der Waals surface area contributed by atoms with Crippen LogP contribution in [0.25, 0.3) is 32.1 Å². The first kappa shape index (κ1) is 28.4. The Hall–Kier alpha value is -3.37. The largest absolute Gasteiger partial charge is 0.461 e. The molecule has 0 unspecified atom stereocenters. The van der Waals surface area contributed by atoms with Gasteiger partial charge in [0.1, 0.15) is 35.2 Å². The van der Waals surface area contributed by atoms with Crippen molar-refractivity contribution in [3.8, 4) is 23.2 Å². The molecule has 2 aromatic heterocycles. The first-order valence-corrected chi connectivity index (χ1v) is 15.6. The number of aromatic nitrogens is 2. The van der Waals surface area contributed by atoms with Gasteiger partial charge in [-0.25, -0.2) is 18.6 Å². The lowest BCUT2D eigenvalue weighted by atomic mass is 9.95. The lowest BCUT2D eigenvalue weighted by molar-refractivity contribution is 0.107. The Morgan fingerprint density at radius 3 is 2.91 bits per heavy atom. The highest BCUT2D eigenvalue weighted by Gasteiger charge is 2.49. The van der Waals surface area contributed by atoms with Crippen LogP contribution < -0.4 is 20.9 Å². The number of alkyl halides is 1. The summed E-state index contributed by atoms with van der Waals surface area (Å²) in [7, 11) is 0. The molecule has 2 atom stereocenters. The van der Waals surface area contributed by atoms with Crippen LogP contribution in [-0.4, -0.2) is 59.4 Å². The molecule has 0 spiro atoms. The quantitative estimate of drug-likeness (QED) is 0.264. The molecule has 7 rings (SSSR count). The fourth-order valence-electron chi connectivity index (χ4n) is 6.88. The molecule has 8 nitrogen and oxygen atoms in total. The van der Waals surface area contributed by atoms with Crippen molar-refractivity contribution in [2.45, 2.75) is 50.2 Å². The van der Waals surface area contributed by atoms with Gasteiger partial charge in [-0.05, 0) is 49.9 Å². The SMILES string of the molecule is N#Cc1c(N)sc2c(F)ccc(-c3c(Cl)cc4c(N5CCCCCN5)nc(OC[C@@]56CCCN5C[C@H](F)C6)nc4c3F)c12. The Kier molecular flexibility index (Phi) is 7.24. The highest BCUT2D eigenvalue weighted by atomic mass is 35.5. The molecule has 3 aliphatic rings. The number of fused-ring (bicyclic) bond motifs is 3. The van der Waals surface area contributed by atoms with Crippen LogP contribution >= 0.6 is 22.9 Å². The van der Waals surface area contributed by atoms with E-state index in [9.17, 15) is 14.0 Å². The van der Waals surface area contributed by atoms with E-state index in [1.54, 1.807) is 6.07 Å². The van der Waals surface area contributed by atoms with Gasteiger partial charge < -0.3 is 10.5 Å². The Bertz CT molecular complexity index is 1790. The van der Waals surface area contributed by atoms with Gasteiger partial charge in [0.2, 0.25) is 0 Å². The van der Waals surface area contributed by atoms with Crippen LogP contribution in [0.2, 0.25) is 5.02 Å². The van der Waals surface area contributed by atoms with E-state index in [0.29, 0.717) is 30.7 Å². The van der Waals surface area contributed by atoms with Gasteiger partial charge >= 0.3 is 6.01 Å². The summed E-state index contributed by atoms with van der Waals surface area (Å²) in [6.45, 7) is 2.73. The standard InChI is InChI=1S/C30H29ClF3N7OS/c31-20-11-18-25(24(34)23(20)17-5-6-21(33)26-22(17)19(13-35)27(36)43-26)38-29(39-28(18)41-10-3-1-2-8-37-41)42-15-30-7-4-9-40(30)14-16(32)12-30/h5-6,11,16,37H,1-4,7-10,12,14-15,36H2/t16-,30+/m1/s1. The minimum absolute atomic E-state index is 0.0222. The second kappa shape index (κ2) is 11.0. The summed E-state index contributed by atoms with van der Waals surface area (Å²) in [5.74, 6) is -0.895. The zero-order valence-corrected chi connectivity index (χ0v) is 24.8. The van der Waals surface area contributed by atoms with E-state index >= 15 is 4.39 Å². The third-order valence-electron chi connectivity index (χ3n) is 8.89. The van der Waals surface area contributed by atoms with Crippen LogP contribution in [0.4, 0.5) is 24.0 Å². The van der Waals surface area contributed by atoms with E-state index in [0.717, 1.165) is 56.5 Å². The van der Waals surface area contributed by atoms with E-state index < -0.39 is 23.3 Å². The number of thiophene rings is 1. The van der Waals surface area contributed by atoms with Gasteiger partial charge in [0.15, 0.2) is 11.6 Å². The minimum Gasteiger partial charge on any atom is -0.461 e. The molecule has 3 saturated heterocycles. The van der Waals surface area contributed by atoms with Gasteiger partial charge in [-0.2, -0.15) is 15.2 Å². The molecular formula is C30H29ClF3N7OS. The van der Waals surface area contributed by atoms with Crippen LogP contribution in [0.3, 0.4) is 0 Å². The van der Waals surface area contributed by atoms with Crippen molar-refractivity contribution in [2.75, 3.05) is 43.5 Å². The number of benzene rings is 2. The monoisotopic (exact) mass is 627 g/mol. The third kappa shape index (κ3) is 4.73. The molecule has 3 aliphatic heterocycles. The second-order valence-electron chi connectivity index (χ2n) is 11.5. The molecule has 5 heterocycles. The van der Waals surface area contributed by atoms with E-state index in [-0.39, 0.29) is 54.9 Å². The fourth-order valence-corrected chi connectivity index (χ4v) is 8.12. The van der Waals surface area contributed by atoms with Crippen LogP contribution in [0.15, 0.2) is 18.2 Å². The number of nitrogens with zero attached hydrogens (tertiary/aromatic N) is 5. The number of anilines is 2. The number of nitrogens with one attached hydrogen (secondary N) is 1. The molecule has 4 aromatic rings. The number of nitrogens with two attached hydrogens (primary N) is 1. The molecule has 0 saturated carbocycles. The molecule has 0 amide bonds. The van der Waals surface area contributed by atoms with Crippen molar-refractivity contribution in [1.82, 2.24) is 20.3 Å². The molecule has 0 bridgehead atoms. The maximum Gasteiger partial charge on any atom is 0.319 e. The zero-order chi connectivity index (χ0) is 29.9. The van der Waals surface area contributed by atoms with Gasteiger partial charge in [-0.3, -0.25) is 9.91 Å². The van der Waals surface area contributed by atoms with Crippen molar-refractivity contribution in [3.63, 3.8) is 0 Å². The molecule has 0 radical (unpaired) electrons. The predicted molar refractivity (Wildman–Crippen MR) is 162 cm³/mol. The molecule has 3 fully saturated rings. The number of rotatable bonds is 5. The van der Waals surface area contributed by atoms with Gasteiger partial charge in [0.05, 0.1) is 20.8 Å². The van der Waals surface area contributed by atoms with Gasteiger partial charge in [-0.1, -0.05) is 24.1 Å². The number of nitriles is 1. The van der Waals surface area contributed by atoms with Gasteiger partial charge in [0.25, 0.3) is 0 Å². The van der Waals surface area contributed by atoms with Crippen LogP contribution in [-0.2, 0) is 0 Å². The summed E-state index contributed by atoms with van der Waals surface area (Å²) in [5.41, 5.74) is 9.22. The average Bonchev–Trinajstić information content (AvgIpc) is 3.53. The Morgan fingerprint density at radius 2 is 2.07 bits per heavy atom. The van der Waals surface area contributed by atoms with Crippen LogP contribution in [0.1, 0.15) is 44.1 Å². The third-order valence-corrected chi connectivity index (χ3v) is 10.2. The van der Waals surface area contributed by atoms with E-state index in [4.69, 9.17) is 27.1 Å². The molecule has 2 aromatic carbocycles. The summed E-state index contributed by atoms with van der Waals surface area (Å²) in [5, 5.41) is 12.4. The maximum atomic E-state index is 16.8. The number of hydrazine groups is 1. The highest BCUT2D eigenvalue weighted by Crippen LogP contribution is 2.46. The summed E-state index contributed by atoms with van der Waals surface area (Å²) in [6.07, 6.45) is 4.14. The summed E-state index contributed by atoms with van der Waals surface area (Å²) >= 11 is 7.71. The van der Waals surface area contributed by atoms with E-state index in [1.807, 2.05) is 11.1 Å². The molecule has 13 heteroatoms. The summed E-state index contributed by atoms with van der Waals surface area (Å²) in [6, 6.07) is 6.21. The predicted octanol–water partition coefficient (Wildman–Crippen LogP) is 6.35. The fraction of sp³-hybridized carbons (Fsp3) is 0.433. The van der Waals surface area contributed by atoms with E-state index in [1.165, 1.54) is 12.1 Å². The summed E-state index contributed by atoms with van der Waals surface area (Å²) in [4.78, 5) is 11.4. The number of hydrogen-bond donors (Lipinski definition) is 2. The molecular weight excluding hydrogens is 599 g/mol. The first-order valence-electron chi connectivity index (χ1n) is 14.4. The van der Waals surface area contributed by atoms with Crippen LogP contribution in [0.5, 0.6) is 6.01 Å². The van der Waals surface area contributed by atoms with Crippen molar-refractivity contribution in [1.29, 1.82) is 5.26 Å². The normalized spacial score (nSPS) is 22.7. The zero-order valence-electron chi connectivity index (χ0n) is 23.2. The minimum atomic E-state index is -0.919. The number of halogens is 4. The Balaban J connectivity index is 1.39. The molecule has 0 aliphatic carbocycles. The Labute approximate surface area is 255 Å². The number of hydrogen-bond acceptors (Lipinski definition) is 9. The molecule has 224 valence electrons. The van der Waals surface area contributed by atoms with Crippen molar-refractivity contribution >= 4 is 54.7 Å². The molecule has 3 N–H and O–H groups in total. The van der Waals surface area contributed by atoms with Crippen molar-refractivity contribution in [2.24, 2.45) is 0 Å². The first-order chi connectivity index (χ1) is 20.8. The maximum absolute atomic E-state index is 16.8. The average molecular weight is 628 g/mol.